The summed E-state index contributed by atoms with van der Waals surface area (Å²) in [5, 5.41) is 12.5. The average molecular weight is 295 g/mol. The maximum atomic E-state index is 10.3. The highest BCUT2D eigenvalue weighted by molar-refractivity contribution is 7.09. The average Bonchev–Trinajstić information content (AvgIpc) is 2.92. The van der Waals surface area contributed by atoms with Crippen LogP contribution in [-0.2, 0) is 6.54 Å². The molecule has 2 nitrogen and oxygen atoms in total. The van der Waals surface area contributed by atoms with E-state index in [0.717, 1.165) is 37.9 Å². The van der Waals surface area contributed by atoms with Crippen LogP contribution < -0.4 is 0 Å². The van der Waals surface area contributed by atoms with Gasteiger partial charge >= 0.3 is 0 Å². The summed E-state index contributed by atoms with van der Waals surface area (Å²) in [7, 11) is 0. The molecule has 1 N–H and O–H groups in total. The van der Waals surface area contributed by atoms with Gasteiger partial charge in [-0.2, -0.15) is 0 Å². The van der Waals surface area contributed by atoms with E-state index in [-0.39, 0.29) is 6.10 Å². The smallest absolute Gasteiger partial charge is 0.0580 e. The first-order chi connectivity index (χ1) is 9.60. The van der Waals surface area contributed by atoms with E-state index in [9.17, 15) is 5.11 Å². The molecule has 2 rings (SSSR count). The lowest BCUT2D eigenvalue weighted by Crippen LogP contribution is -2.39. The Morgan fingerprint density at radius 3 is 2.80 bits per heavy atom. The number of aliphatic hydroxyl groups is 1. The zero-order valence-corrected chi connectivity index (χ0v) is 13.9. The molecule has 0 aromatic carbocycles. The van der Waals surface area contributed by atoms with Gasteiger partial charge in [-0.25, -0.2) is 0 Å². The van der Waals surface area contributed by atoms with Crippen molar-refractivity contribution in [2.24, 2.45) is 17.8 Å². The third-order valence-electron chi connectivity index (χ3n) is 4.83. The molecule has 1 saturated carbocycles. The third-order valence-corrected chi connectivity index (χ3v) is 5.69. The van der Waals surface area contributed by atoms with Crippen LogP contribution in [0.1, 0.15) is 44.9 Å². The molecule has 1 heterocycles. The molecule has 0 aliphatic heterocycles. The molecule has 3 unspecified atom stereocenters. The zero-order valence-electron chi connectivity index (χ0n) is 13.1. The number of thiophene rings is 1. The van der Waals surface area contributed by atoms with E-state index in [4.69, 9.17) is 0 Å². The molecular weight excluding hydrogens is 266 g/mol. The van der Waals surface area contributed by atoms with Gasteiger partial charge in [-0.15, -0.1) is 11.3 Å². The Labute approximate surface area is 127 Å². The van der Waals surface area contributed by atoms with E-state index >= 15 is 0 Å². The fourth-order valence-corrected chi connectivity index (χ4v) is 4.09. The molecule has 114 valence electrons. The minimum atomic E-state index is -0.0950. The lowest BCUT2D eigenvalue weighted by molar-refractivity contribution is 0.0182. The first kappa shape index (κ1) is 16.0. The second kappa shape index (κ2) is 7.58. The Morgan fingerprint density at radius 1 is 1.40 bits per heavy atom. The second-order valence-electron chi connectivity index (χ2n) is 6.55. The quantitative estimate of drug-likeness (QED) is 0.857. The van der Waals surface area contributed by atoms with Crippen molar-refractivity contribution in [1.29, 1.82) is 0 Å². The van der Waals surface area contributed by atoms with Gasteiger partial charge in [0.25, 0.3) is 0 Å². The minimum Gasteiger partial charge on any atom is -0.393 e. The van der Waals surface area contributed by atoms with Crippen LogP contribution in [0.3, 0.4) is 0 Å². The van der Waals surface area contributed by atoms with E-state index in [1.807, 2.05) is 11.3 Å². The summed E-state index contributed by atoms with van der Waals surface area (Å²) < 4.78 is 0. The Kier molecular flexibility index (Phi) is 6.06. The monoisotopic (exact) mass is 295 g/mol. The van der Waals surface area contributed by atoms with Crippen LogP contribution >= 0.6 is 11.3 Å². The van der Waals surface area contributed by atoms with Gasteiger partial charge in [-0.1, -0.05) is 26.8 Å². The maximum Gasteiger partial charge on any atom is 0.0580 e. The largest absolute Gasteiger partial charge is 0.393 e. The standard InChI is InChI=1S/C17H29NOS/c1-4-18(12-16-6-5-9-20-16)11-15-10-14(13(2)3)7-8-17(15)19/h5-6,9,13-15,17,19H,4,7-8,10-12H2,1-3H3. The summed E-state index contributed by atoms with van der Waals surface area (Å²) in [6.07, 6.45) is 3.29. The van der Waals surface area contributed by atoms with E-state index in [0.29, 0.717) is 5.92 Å². The Bertz CT molecular complexity index is 376. The van der Waals surface area contributed by atoms with Gasteiger partial charge in [0.2, 0.25) is 0 Å². The molecule has 1 fully saturated rings. The summed E-state index contributed by atoms with van der Waals surface area (Å²) >= 11 is 1.83. The first-order valence-electron chi connectivity index (χ1n) is 8.03. The van der Waals surface area contributed by atoms with Gasteiger partial charge in [0.15, 0.2) is 0 Å². The summed E-state index contributed by atoms with van der Waals surface area (Å²) in [5.41, 5.74) is 0. The van der Waals surface area contributed by atoms with E-state index < -0.39 is 0 Å². The molecule has 3 heteroatoms. The molecule has 0 bridgehead atoms. The van der Waals surface area contributed by atoms with Crippen molar-refractivity contribution in [2.45, 2.75) is 52.7 Å². The van der Waals surface area contributed by atoms with Crippen molar-refractivity contribution >= 4 is 11.3 Å². The molecule has 0 amide bonds. The highest BCUT2D eigenvalue weighted by atomic mass is 32.1. The lowest BCUT2D eigenvalue weighted by Gasteiger charge is -2.37. The number of hydrogen-bond acceptors (Lipinski definition) is 3. The van der Waals surface area contributed by atoms with Crippen molar-refractivity contribution < 1.29 is 5.11 Å². The molecule has 0 radical (unpaired) electrons. The van der Waals surface area contributed by atoms with Crippen LogP contribution in [-0.4, -0.2) is 29.2 Å². The third kappa shape index (κ3) is 4.31. The van der Waals surface area contributed by atoms with Crippen molar-refractivity contribution in [3.63, 3.8) is 0 Å². The minimum absolute atomic E-state index is 0.0950. The maximum absolute atomic E-state index is 10.3. The van der Waals surface area contributed by atoms with Gasteiger partial charge in [0.05, 0.1) is 6.10 Å². The van der Waals surface area contributed by atoms with E-state index in [1.165, 1.54) is 17.7 Å². The van der Waals surface area contributed by atoms with Crippen LogP contribution in [0.25, 0.3) is 0 Å². The predicted molar refractivity (Wildman–Crippen MR) is 86.9 cm³/mol. The molecule has 1 aliphatic carbocycles. The number of hydrogen-bond donors (Lipinski definition) is 1. The fraction of sp³-hybridized carbons (Fsp3) is 0.765. The molecular formula is C17H29NOS. The van der Waals surface area contributed by atoms with Crippen LogP contribution in [0.2, 0.25) is 0 Å². The van der Waals surface area contributed by atoms with Crippen LogP contribution in [0.15, 0.2) is 17.5 Å². The molecule has 0 spiro atoms. The zero-order chi connectivity index (χ0) is 14.5. The number of aliphatic hydroxyl groups excluding tert-OH is 1. The van der Waals surface area contributed by atoms with Gasteiger partial charge in [0, 0.05) is 18.0 Å². The van der Waals surface area contributed by atoms with Crippen LogP contribution in [0, 0.1) is 17.8 Å². The van der Waals surface area contributed by atoms with Crippen LogP contribution in [0.4, 0.5) is 0 Å². The lowest BCUT2D eigenvalue weighted by atomic mass is 9.74. The number of nitrogens with zero attached hydrogens (tertiary/aromatic N) is 1. The van der Waals surface area contributed by atoms with Crippen molar-refractivity contribution in [3.8, 4) is 0 Å². The SMILES string of the molecule is CCN(Cc1cccs1)CC1CC(C(C)C)CCC1O. The normalized spacial score (nSPS) is 27.4. The van der Waals surface area contributed by atoms with Crippen molar-refractivity contribution in [1.82, 2.24) is 4.90 Å². The topological polar surface area (TPSA) is 23.5 Å². The first-order valence-corrected chi connectivity index (χ1v) is 8.90. The van der Waals surface area contributed by atoms with Gasteiger partial charge in [0.1, 0.15) is 0 Å². The highest BCUT2D eigenvalue weighted by Crippen LogP contribution is 2.34. The molecule has 20 heavy (non-hydrogen) atoms. The van der Waals surface area contributed by atoms with Gasteiger partial charge in [-0.3, -0.25) is 4.90 Å². The fourth-order valence-electron chi connectivity index (χ4n) is 3.35. The summed E-state index contributed by atoms with van der Waals surface area (Å²) in [6.45, 7) is 10.0. The second-order valence-corrected chi connectivity index (χ2v) is 7.58. The predicted octanol–water partition coefficient (Wildman–Crippen LogP) is 4.00. The summed E-state index contributed by atoms with van der Waals surface area (Å²) in [4.78, 5) is 3.92. The summed E-state index contributed by atoms with van der Waals surface area (Å²) in [5.74, 6) is 2.00. The Balaban J connectivity index is 1.91. The van der Waals surface area contributed by atoms with Crippen LogP contribution in [0.5, 0.6) is 0 Å². The number of rotatable bonds is 6. The van der Waals surface area contributed by atoms with E-state index in [2.05, 4.69) is 43.2 Å². The van der Waals surface area contributed by atoms with Crippen molar-refractivity contribution in [2.75, 3.05) is 13.1 Å². The molecule has 1 aromatic heterocycles. The van der Waals surface area contributed by atoms with Gasteiger partial charge < -0.3 is 5.11 Å². The molecule has 1 aromatic rings. The highest BCUT2D eigenvalue weighted by Gasteiger charge is 2.31. The Morgan fingerprint density at radius 2 is 2.20 bits per heavy atom. The Hall–Kier alpha value is -0.380. The summed E-state index contributed by atoms with van der Waals surface area (Å²) in [6, 6.07) is 4.33. The van der Waals surface area contributed by atoms with Gasteiger partial charge in [-0.05, 0) is 55.0 Å². The molecule has 1 aliphatic rings. The molecule has 3 atom stereocenters. The molecule has 0 saturated heterocycles. The van der Waals surface area contributed by atoms with Crippen molar-refractivity contribution in [3.05, 3.63) is 22.4 Å². The van der Waals surface area contributed by atoms with E-state index in [1.54, 1.807) is 0 Å².